The maximum absolute atomic E-state index is 12.2. The van der Waals surface area contributed by atoms with Crippen LogP contribution in [-0.4, -0.2) is 33.6 Å². The van der Waals surface area contributed by atoms with Crippen molar-refractivity contribution in [3.63, 3.8) is 0 Å². The van der Waals surface area contributed by atoms with Gasteiger partial charge in [-0.05, 0) is 18.1 Å². The number of hydrogen-bond donors (Lipinski definition) is 1. The first-order valence-electron chi connectivity index (χ1n) is 5.80. The van der Waals surface area contributed by atoms with Gasteiger partial charge in [-0.3, -0.25) is 9.69 Å². The Bertz CT molecular complexity index is 329. The van der Waals surface area contributed by atoms with Gasteiger partial charge in [-0.25, -0.2) is 0 Å². The molecule has 0 radical (unpaired) electrons. The summed E-state index contributed by atoms with van der Waals surface area (Å²) in [5, 5.41) is 13.4. The highest BCUT2D eigenvalue weighted by atomic mass is 16.2. The largest absolute Gasteiger partial charge is 0.281 e. The summed E-state index contributed by atoms with van der Waals surface area (Å²) in [6.45, 7) is 0. The lowest BCUT2D eigenvalue weighted by Crippen LogP contribution is -2.33. The predicted octanol–water partition coefficient (Wildman–Crippen LogP) is 1.13. The number of anilines is 1. The van der Waals surface area contributed by atoms with Crippen LogP contribution in [0, 0.1) is 5.92 Å². The minimum Gasteiger partial charge on any atom is -0.281 e. The Morgan fingerprint density at radius 2 is 2.00 bits per heavy atom. The van der Waals surface area contributed by atoms with Gasteiger partial charge in [0.2, 0.25) is 5.91 Å². The number of hydrogen-bond acceptors (Lipinski definition) is 4. The predicted molar refractivity (Wildman–Crippen MR) is 58.8 cm³/mol. The highest BCUT2D eigenvalue weighted by molar-refractivity contribution is 5.92. The molecule has 1 aromatic rings. The Labute approximate surface area is 94.4 Å². The Morgan fingerprint density at radius 1 is 1.31 bits per heavy atom. The van der Waals surface area contributed by atoms with Crippen LogP contribution in [0.1, 0.15) is 38.5 Å². The number of tetrazole rings is 1. The Kier molecular flexibility index (Phi) is 3.48. The molecule has 0 unspecified atom stereocenters. The number of amides is 1. The van der Waals surface area contributed by atoms with E-state index in [0.29, 0.717) is 5.95 Å². The molecular weight excluding hydrogens is 206 g/mol. The Hall–Kier alpha value is -1.46. The molecule has 0 bridgehead atoms. The third-order valence-electron chi connectivity index (χ3n) is 3.17. The monoisotopic (exact) mass is 223 g/mol. The zero-order valence-corrected chi connectivity index (χ0v) is 9.52. The van der Waals surface area contributed by atoms with E-state index in [2.05, 4.69) is 20.6 Å². The van der Waals surface area contributed by atoms with Crippen LogP contribution in [0.3, 0.4) is 0 Å². The highest BCUT2D eigenvalue weighted by Crippen LogP contribution is 2.24. The molecule has 0 atom stereocenters. The molecule has 0 aliphatic heterocycles. The van der Waals surface area contributed by atoms with Crippen molar-refractivity contribution in [1.82, 2.24) is 20.6 Å². The lowest BCUT2D eigenvalue weighted by molar-refractivity contribution is -0.122. The van der Waals surface area contributed by atoms with Crippen molar-refractivity contribution in [3.05, 3.63) is 0 Å². The summed E-state index contributed by atoms with van der Waals surface area (Å²) in [5.41, 5.74) is 0. The minimum absolute atomic E-state index is 0.114. The van der Waals surface area contributed by atoms with Crippen molar-refractivity contribution < 1.29 is 4.79 Å². The maximum Gasteiger partial charge on any atom is 0.272 e. The molecule has 1 fully saturated rings. The van der Waals surface area contributed by atoms with Gasteiger partial charge in [0, 0.05) is 13.0 Å². The third-order valence-corrected chi connectivity index (χ3v) is 3.17. The van der Waals surface area contributed by atoms with Gasteiger partial charge in [0.05, 0.1) is 0 Å². The molecule has 2 rings (SSSR count). The fourth-order valence-electron chi connectivity index (χ4n) is 2.20. The number of carbonyl (C=O) groups is 1. The van der Waals surface area contributed by atoms with Crippen LogP contribution >= 0.6 is 0 Å². The average molecular weight is 223 g/mol. The van der Waals surface area contributed by atoms with E-state index in [4.69, 9.17) is 0 Å². The first kappa shape index (κ1) is 11.0. The molecule has 1 aromatic heterocycles. The Morgan fingerprint density at radius 3 is 2.56 bits per heavy atom. The van der Waals surface area contributed by atoms with Crippen LogP contribution in [0.15, 0.2) is 0 Å². The van der Waals surface area contributed by atoms with E-state index >= 15 is 0 Å². The lowest BCUT2D eigenvalue weighted by atomic mass is 9.99. The van der Waals surface area contributed by atoms with E-state index in [9.17, 15) is 4.79 Å². The first-order chi connectivity index (χ1) is 7.79. The van der Waals surface area contributed by atoms with Crippen LogP contribution < -0.4 is 4.90 Å². The number of rotatable bonds is 2. The second-order valence-corrected chi connectivity index (χ2v) is 4.30. The molecule has 6 heteroatoms. The van der Waals surface area contributed by atoms with Gasteiger partial charge in [0.15, 0.2) is 0 Å². The van der Waals surface area contributed by atoms with Crippen LogP contribution in [0.2, 0.25) is 0 Å². The lowest BCUT2D eigenvalue weighted by Gasteiger charge is -2.19. The zero-order valence-electron chi connectivity index (χ0n) is 9.52. The zero-order chi connectivity index (χ0) is 11.4. The van der Waals surface area contributed by atoms with E-state index in [1.54, 1.807) is 7.05 Å². The molecule has 1 aliphatic rings. The number of nitrogens with zero attached hydrogens (tertiary/aromatic N) is 4. The SMILES string of the molecule is CN(C(=O)C1CCCCCC1)c1nn[nH]n1. The molecule has 1 amide bonds. The number of carbonyl (C=O) groups excluding carboxylic acids is 1. The van der Waals surface area contributed by atoms with Crippen LogP contribution in [-0.2, 0) is 4.79 Å². The van der Waals surface area contributed by atoms with Gasteiger partial charge in [0.25, 0.3) is 5.95 Å². The third kappa shape index (κ3) is 2.37. The molecule has 1 N–H and O–H groups in total. The molecule has 0 aromatic carbocycles. The molecule has 16 heavy (non-hydrogen) atoms. The van der Waals surface area contributed by atoms with E-state index in [1.807, 2.05) is 0 Å². The van der Waals surface area contributed by atoms with Crippen molar-refractivity contribution in [2.75, 3.05) is 11.9 Å². The molecule has 6 nitrogen and oxygen atoms in total. The molecule has 0 saturated heterocycles. The topological polar surface area (TPSA) is 74.8 Å². The van der Waals surface area contributed by atoms with Gasteiger partial charge in [-0.1, -0.05) is 30.8 Å². The van der Waals surface area contributed by atoms with Gasteiger partial charge in [0.1, 0.15) is 0 Å². The van der Waals surface area contributed by atoms with Crippen molar-refractivity contribution in [2.45, 2.75) is 38.5 Å². The maximum atomic E-state index is 12.2. The summed E-state index contributed by atoms with van der Waals surface area (Å²) in [6, 6.07) is 0. The molecule has 1 aliphatic carbocycles. The molecule has 88 valence electrons. The fourth-order valence-corrected chi connectivity index (χ4v) is 2.20. The van der Waals surface area contributed by atoms with E-state index in [0.717, 1.165) is 25.7 Å². The van der Waals surface area contributed by atoms with E-state index in [-0.39, 0.29) is 11.8 Å². The second-order valence-electron chi connectivity index (χ2n) is 4.30. The summed E-state index contributed by atoms with van der Waals surface area (Å²) >= 11 is 0. The first-order valence-corrected chi connectivity index (χ1v) is 5.80. The van der Waals surface area contributed by atoms with Gasteiger partial charge >= 0.3 is 0 Å². The standard InChI is InChI=1S/C10H17N5O/c1-15(10-11-13-14-12-10)9(16)8-6-4-2-3-5-7-8/h8H,2-7H2,1H3,(H,11,12,13,14). The minimum atomic E-state index is 0.114. The Balaban J connectivity index is 2.00. The fraction of sp³-hybridized carbons (Fsp3) is 0.800. The summed E-state index contributed by atoms with van der Waals surface area (Å²) < 4.78 is 0. The highest BCUT2D eigenvalue weighted by Gasteiger charge is 2.25. The van der Waals surface area contributed by atoms with E-state index in [1.165, 1.54) is 17.7 Å². The van der Waals surface area contributed by atoms with Crippen molar-refractivity contribution >= 4 is 11.9 Å². The number of aromatic amines is 1. The molecular formula is C10H17N5O. The van der Waals surface area contributed by atoms with Crippen LogP contribution in [0.4, 0.5) is 5.95 Å². The van der Waals surface area contributed by atoms with Gasteiger partial charge in [-0.2, -0.15) is 5.21 Å². The summed E-state index contributed by atoms with van der Waals surface area (Å²) in [4.78, 5) is 13.7. The van der Waals surface area contributed by atoms with Crippen molar-refractivity contribution in [1.29, 1.82) is 0 Å². The smallest absolute Gasteiger partial charge is 0.272 e. The number of aromatic nitrogens is 4. The van der Waals surface area contributed by atoms with Gasteiger partial charge < -0.3 is 0 Å². The average Bonchev–Trinajstić information content (AvgIpc) is 2.70. The summed E-state index contributed by atoms with van der Waals surface area (Å²) in [7, 11) is 1.71. The number of H-pyrrole nitrogens is 1. The quantitative estimate of drug-likeness (QED) is 0.763. The normalized spacial score (nSPS) is 18.1. The number of nitrogens with one attached hydrogen (secondary N) is 1. The van der Waals surface area contributed by atoms with Crippen molar-refractivity contribution in [2.24, 2.45) is 5.92 Å². The van der Waals surface area contributed by atoms with Gasteiger partial charge in [-0.15, -0.1) is 5.10 Å². The molecule has 1 saturated carbocycles. The van der Waals surface area contributed by atoms with E-state index < -0.39 is 0 Å². The second kappa shape index (κ2) is 5.05. The van der Waals surface area contributed by atoms with Crippen molar-refractivity contribution in [3.8, 4) is 0 Å². The molecule has 1 heterocycles. The molecule has 0 spiro atoms. The van der Waals surface area contributed by atoms with Crippen LogP contribution in [0.25, 0.3) is 0 Å². The summed E-state index contributed by atoms with van der Waals surface area (Å²) in [5.74, 6) is 0.601. The van der Waals surface area contributed by atoms with Crippen LogP contribution in [0.5, 0.6) is 0 Å². The summed E-state index contributed by atoms with van der Waals surface area (Å²) in [6.07, 6.45) is 6.76.